The molecule has 0 radical (unpaired) electrons. The molecule has 1 aliphatic heterocycles. The van der Waals surface area contributed by atoms with Crippen LogP contribution in [0.25, 0.3) is 0 Å². The monoisotopic (exact) mass is 895 g/mol. The lowest BCUT2D eigenvalue weighted by atomic mass is 9.99. The lowest BCUT2D eigenvalue weighted by molar-refractivity contribution is -0.305. The molecule has 0 bridgehead atoms. The standard InChI is InChI=1S/C53H98O10/c1-3-5-7-9-11-13-15-17-19-20-21-22-23-24-25-26-28-29-31-33-35-37-39-41-48(55)60-44-46(45-61-53-52(59)51(58)50(57)47(43-54)63-53)62-49(56)42-40-38-36-34-32-30-27-18-16-14-12-10-8-6-4-2/h18,27,32,34,46-47,50-54,57-59H,3-17,19-26,28-31,33,35-45H2,1-2H3/b27-18+,34-32+/t46-,47-,50+,51?,52?,53-/m0/s1. The Kier molecular flexibility index (Phi) is 41.4. The number of aliphatic hydroxyl groups excluding tert-OH is 4. The van der Waals surface area contributed by atoms with Crippen LogP contribution in [0, 0.1) is 0 Å². The van der Waals surface area contributed by atoms with Gasteiger partial charge in [-0.2, -0.15) is 0 Å². The Morgan fingerprint density at radius 1 is 0.492 bits per heavy atom. The number of carbonyl (C=O) groups is 2. The molecule has 1 aliphatic rings. The maximum Gasteiger partial charge on any atom is 0.306 e. The van der Waals surface area contributed by atoms with Gasteiger partial charge in [0.05, 0.1) is 13.2 Å². The van der Waals surface area contributed by atoms with Gasteiger partial charge >= 0.3 is 11.9 Å². The largest absolute Gasteiger partial charge is 0.462 e. The molecule has 0 aromatic rings. The van der Waals surface area contributed by atoms with E-state index in [0.29, 0.717) is 6.42 Å². The molecule has 2 unspecified atom stereocenters. The topological polar surface area (TPSA) is 152 Å². The zero-order valence-corrected chi connectivity index (χ0v) is 40.6. The average molecular weight is 895 g/mol. The van der Waals surface area contributed by atoms with E-state index >= 15 is 0 Å². The summed E-state index contributed by atoms with van der Waals surface area (Å²) in [6, 6.07) is 0. The minimum Gasteiger partial charge on any atom is -0.462 e. The van der Waals surface area contributed by atoms with Crippen LogP contribution in [0.5, 0.6) is 0 Å². The van der Waals surface area contributed by atoms with Crippen molar-refractivity contribution < 1.29 is 49.0 Å². The van der Waals surface area contributed by atoms with E-state index in [-0.39, 0.29) is 32.0 Å². The van der Waals surface area contributed by atoms with Gasteiger partial charge in [-0.1, -0.05) is 212 Å². The van der Waals surface area contributed by atoms with Crippen LogP contribution in [-0.4, -0.2) is 89.0 Å². The summed E-state index contributed by atoms with van der Waals surface area (Å²) in [4.78, 5) is 25.4. The molecule has 1 rings (SSSR count). The Balaban J connectivity index is 2.22. The van der Waals surface area contributed by atoms with Gasteiger partial charge in [0.15, 0.2) is 12.4 Å². The molecule has 1 saturated heterocycles. The van der Waals surface area contributed by atoms with Crippen LogP contribution in [0.1, 0.15) is 245 Å². The van der Waals surface area contributed by atoms with Crippen LogP contribution in [0.4, 0.5) is 0 Å². The predicted octanol–water partition coefficient (Wildman–Crippen LogP) is 12.5. The molecule has 370 valence electrons. The van der Waals surface area contributed by atoms with E-state index in [1.807, 2.05) is 0 Å². The van der Waals surface area contributed by atoms with Gasteiger partial charge in [-0.15, -0.1) is 0 Å². The van der Waals surface area contributed by atoms with Crippen molar-refractivity contribution in [3.63, 3.8) is 0 Å². The molecule has 63 heavy (non-hydrogen) atoms. The second kappa shape index (κ2) is 44.0. The molecular formula is C53H98O10. The van der Waals surface area contributed by atoms with E-state index in [4.69, 9.17) is 18.9 Å². The van der Waals surface area contributed by atoms with Crippen molar-refractivity contribution >= 4 is 11.9 Å². The molecule has 0 aromatic carbocycles. The van der Waals surface area contributed by atoms with Crippen LogP contribution in [-0.2, 0) is 28.5 Å². The first-order valence-electron chi connectivity index (χ1n) is 26.4. The third-order valence-electron chi connectivity index (χ3n) is 12.3. The van der Waals surface area contributed by atoms with Crippen molar-refractivity contribution in [2.24, 2.45) is 0 Å². The number of unbranched alkanes of at least 4 members (excludes halogenated alkanes) is 30. The minimum absolute atomic E-state index is 0.190. The highest BCUT2D eigenvalue weighted by molar-refractivity contribution is 5.70. The van der Waals surface area contributed by atoms with Crippen molar-refractivity contribution in [1.29, 1.82) is 0 Å². The first kappa shape index (κ1) is 59.2. The fraction of sp³-hybridized carbons (Fsp3) is 0.887. The second-order valence-electron chi connectivity index (χ2n) is 18.3. The number of aliphatic hydroxyl groups is 4. The molecular weight excluding hydrogens is 797 g/mol. The lowest BCUT2D eigenvalue weighted by Crippen LogP contribution is -2.59. The van der Waals surface area contributed by atoms with Crippen molar-refractivity contribution in [3.05, 3.63) is 24.3 Å². The fourth-order valence-electron chi connectivity index (χ4n) is 8.16. The van der Waals surface area contributed by atoms with Crippen molar-refractivity contribution in [3.8, 4) is 0 Å². The molecule has 10 nitrogen and oxygen atoms in total. The summed E-state index contributed by atoms with van der Waals surface area (Å²) in [5, 5.41) is 40.2. The number of hydrogen-bond donors (Lipinski definition) is 4. The molecule has 0 aromatic heterocycles. The summed E-state index contributed by atoms with van der Waals surface area (Å²) in [5.74, 6) is -0.832. The van der Waals surface area contributed by atoms with E-state index < -0.39 is 49.4 Å². The first-order valence-corrected chi connectivity index (χ1v) is 26.4. The number of allylic oxidation sites excluding steroid dienone is 4. The molecule has 4 N–H and O–H groups in total. The summed E-state index contributed by atoms with van der Waals surface area (Å²) >= 11 is 0. The summed E-state index contributed by atoms with van der Waals surface area (Å²) in [5.41, 5.74) is 0. The van der Waals surface area contributed by atoms with Crippen molar-refractivity contribution in [2.75, 3.05) is 19.8 Å². The minimum atomic E-state index is -1.60. The third kappa shape index (κ3) is 35.1. The zero-order chi connectivity index (χ0) is 45.9. The van der Waals surface area contributed by atoms with Crippen LogP contribution in [0.3, 0.4) is 0 Å². The third-order valence-corrected chi connectivity index (χ3v) is 12.3. The van der Waals surface area contributed by atoms with Gasteiger partial charge in [-0.05, 0) is 44.9 Å². The molecule has 6 atom stereocenters. The first-order chi connectivity index (χ1) is 30.8. The van der Waals surface area contributed by atoms with Gasteiger partial charge in [0.2, 0.25) is 0 Å². The highest BCUT2D eigenvalue weighted by Crippen LogP contribution is 2.23. The molecule has 10 heteroatoms. The average Bonchev–Trinajstić information content (AvgIpc) is 3.28. The van der Waals surface area contributed by atoms with Crippen LogP contribution < -0.4 is 0 Å². The van der Waals surface area contributed by atoms with Gasteiger partial charge in [-0.3, -0.25) is 9.59 Å². The number of carbonyl (C=O) groups excluding carboxylic acids is 2. The molecule has 0 spiro atoms. The smallest absolute Gasteiger partial charge is 0.306 e. The Bertz CT molecular complexity index is 1080. The maximum absolute atomic E-state index is 12.8. The lowest BCUT2D eigenvalue weighted by Gasteiger charge is -2.39. The number of ether oxygens (including phenoxy) is 4. The summed E-state index contributed by atoms with van der Waals surface area (Å²) in [6.07, 6.45) is 43.4. The molecule has 1 heterocycles. The number of esters is 2. The Morgan fingerprint density at radius 3 is 1.35 bits per heavy atom. The van der Waals surface area contributed by atoms with E-state index in [9.17, 15) is 30.0 Å². The van der Waals surface area contributed by atoms with Crippen molar-refractivity contribution in [1.82, 2.24) is 0 Å². The maximum atomic E-state index is 12.8. The van der Waals surface area contributed by atoms with E-state index in [1.165, 1.54) is 167 Å². The Morgan fingerprint density at radius 2 is 0.889 bits per heavy atom. The van der Waals surface area contributed by atoms with Gasteiger partial charge in [0.25, 0.3) is 0 Å². The van der Waals surface area contributed by atoms with E-state index in [1.54, 1.807) is 0 Å². The van der Waals surface area contributed by atoms with Gasteiger partial charge in [0, 0.05) is 12.8 Å². The normalized spacial score (nSPS) is 19.6. The number of rotatable bonds is 45. The highest BCUT2D eigenvalue weighted by atomic mass is 16.7. The summed E-state index contributed by atoms with van der Waals surface area (Å²) in [7, 11) is 0. The predicted molar refractivity (Wildman–Crippen MR) is 256 cm³/mol. The highest BCUT2D eigenvalue weighted by Gasteiger charge is 2.44. The quantitative estimate of drug-likeness (QED) is 0.0264. The Hall–Kier alpha value is -1.82. The summed E-state index contributed by atoms with van der Waals surface area (Å²) < 4.78 is 22.2. The van der Waals surface area contributed by atoms with Gasteiger partial charge in [0.1, 0.15) is 31.0 Å². The molecule has 1 fully saturated rings. The van der Waals surface area contributed by atoms with E-state index in [2.05, 4.69) is 38.2 Å². The second-order valence-corrected chi connectivity index (χ2v) is 18.3. The number of hydrogen-bond acceptors (Lipinski definition) is 10. The van der Waals surface area contributed by atoms with Gasteiger partial charge < -0.3 is 39.4 Å². The van der Waals surface area contributed by atoms with Gasteiger partial charge in [-0.25, -0.2) is 0 Å². The van der Waals surface area contributed by atoms with Crippen LogP contribution in [0.15, 0.2) is 24.3 Å². The van der Waals surface area contributed by atoms with Crippen molar-refractivity contribution in [2.45, 2.75) is 282 Å². The van der Waals surface area contributed by atoms with Crippen LogP contribution >= 0.6 is 0 Å². The summed E-state index contributed by atoms with van der Waals surface area (Å²) in [6.45, 7) is 3.42. The SMILES string of the molecule is CCCCCCCC/C=C/C/C=C/CCCCC(=O)O[C@@H](COC(=O)CCCCCCCCCCCCCCCCCCCCCCCCC)CO[C@H]1O[C@@H](CO)[C@@H](O)C(O)C1O. The molecule has 0 amide bonds. The molecule has 0 saturated carbocycles. The fourth-order valence-corrected chi connectivity index (χ4v) is 8.16. The van der Waals surface area contributed by atoms with Crippen LogP contribution in [0.2, 0.25) is 0 Å². The molecule has 0 aliphatic carbocycles. The Labute approximate surface area is 385 Å². The zero-order valence-electron chi connectivity index (χ0n) is 40.6. The van der Waals surface area contributed by atoms with E-state index in [0.717, 1.165) is 44.9 Å².